The summed E-state index contributed by atoms with van der Waals surface area (Å²) >= 11 is 0. The van der Waals surface area contributed by atoms with Gasteiger partial charge in [0.1, 0.15) is 11.4 Å². The molecular weight excluding hydrogens is 312 g/mol. The number of nitrogens with one attached hydrogen (secondary N) is 1. The maximum Gasteiger partial charge on any atom is 0.271 e. The van der Waals surface area contributed by atoms with Crippen LogP contribution in [0.2, 0.25) is 0 Å². The summed E-state index contributed by atoms with van der Waals surface area (Å²) in [7, 11) is 1.65. The van der Waals surface area contributed by atoms with Crippen molar-refractivity contribution >= 4 is 16.8 Å². The van der Waals surface area contributed by atoms with Gasteiger partial charge in [-0.05, 0) is 49.6 Å². The van der Waals surface area contributed by atoms with E-state index >= 15 is 0 Å². The molecule has 1 aliphatic rings. The third-order valence-corrected chi connectivity index (χ3v) is 5.28. The first-order chi connectivity index (χ1) is 12.0. The zero-order valence-electron chi connectivity index (χ0n) is 14.8. The fraction of sp³-hybridized carbons (Fsp3) is 0.286. The first-order valence-corrected chi connectivity index (χ1v) is 8.58. The van der Waals surface area contributed by atoms with Crippen molar-refractivity contribution in [2.24, 2.45) is 0 Å². The minimum absolute atomic E-state index is 0.0257. The molecule has 3 aromatic rings. The van der Waals surface area contributed by atoms with Crippen LogP contribution in [0.1, 0.15) is 35.5 Å². The lowest BCUT2D eigenvalue weighted by Gasteiger charge is -2.43. The molecule has 0 aliphatic carbocycles. The molecule has 2 heterocycles. The third-order valence-electron chi connectivity index (χ3n) is 5.28. The minimum atomic E-state index is -0.340. The summed E-state index contributed by atoms with van der Waals surface area (Å²) in [6, 6.07) is 16.1. The smallest absolute Gasteiger partial charge is 0.271 e. The Kier molecular flexibility index (Phi) is 3.57. The second-order valence-electron chi connectivity index (χ2n) is 7.03. The zero-order chi connectivity index (χ0) is 17.6. The van der Waals surface area contributed by atoms with Crippen molar-refractivity contribution in [1.82, 2.24) is 9.88 Å². The second kappa shape index (κ2) is 5.66. The zero-order valence-corrected chi connectivity index (χ0v) is 14.8. The summed E-state index contributed by atoms with van der Waals surface area (Å²) in [6.07, 6.45) is 0.884. The molecule has 2 aromatic carbocycles. The maximum atomic E-state index is 13.2. The van der Waals surface area contributed by atoms with E-state index in [1.165, 1.54) is 11.1 Å². The number of methoxy groups -OCH3 is 1. The second-order valence-corrected chi connectivity index (χ2v) is 7.03. The monoisotopic (exact) mass is 334 g/mol. The number of ether oxygens (including phenoxy) is 1. The van der Waals surface area contributed by atoms with Crippen molar-refractivity contribution in [3.8, 4) is 5.75 Å². The topological polar surface area (TPSA) is 45.3 Å². The summed E-state index contributed by atoms with van der Waals surface area (Å²) in [4.78, 5) is 18.5. The van der Waals surface area contributed by atoms with E-state index in [1.807, 2.05) is 35.2 Å². The van der Waals surface area contributed by atoms with Crippen LogP contribution in [0.3, 0.4) is 0 Å². The van der Waals surface area contributed by atoms with Crippen LogP contribution in [0.4, 0.5) is 0 Å². The fourth-order valence-corrected chi connectivity index (χ4v) is 3.91. The van der Waals surface area contributed by atoms with Gasteiger partial charge < -0.3 is 14.6 Å². The van der Waals surface area contributed by atoms with Gasteiger partial charge in [-0.15, -0.1) is 0 Å². The van der Waals surface area contributed by atoms with Gasteiger partial charge in [-0.1, -0.05) is 30.3 Å². The summed E-state index contributed by atoms with van der Waals surface area (Å²) < 4.78 is 5.41. The lowest BCUT2D eigenvalue weighted by atomic mass is 9.83. The highest BCUT2D eigenvalue weighted by Gasteiger charge is 2.38. The van der Waals surface area contributed by atoms with Crippen LogP contribution in [0.15, 0.2) is 48.5 Å². The van der Waals surface area contributed by atoms with Crippen molar-refractivity contribution in [3.63, 3.8) is 0 Å². The van der Waals surface area contributed by atoms with E-state index < -0.39 is 0 Å². The molecule has 1 N–H and O–H groups in total. The van der Waals surface area contributed by atoms with Gasteiger partial charge in [-0.2, -0.15) is 0 Å². The number of hydrogen-bond donors (Lipinski definition) is 1. The molecule has 1 aliphatic heterocycles. The van der Waals surface area contributed by atoms with Crippen molar-refractivity contribution < 1.29 is 9.53 Å². The van der Waals surface area contributed by atoms with Gasteiger partial charge in [0.25, 0.3) is 5.91 Å². The number of benzene rings is 2. The standard InChI is InChI=1S/C21H22N2O2/c1-21(2)16-8-5-4-7-14(16)11-12-23(21)20(24)18-13-15-17(22-18)9-6-10-19(15)25-3/h4-10,13,22H,11-12H2,1-3H3. The molecule has 4 heteroatoms. The molecule has 1 amide bonds. The van der Waals surface area contributed by atoms with Crippen LogP contribution in [0.25, 0.3) is 10.9 Å². The van der Waals surface area contributed by atoms with Crippen LogP contribution >= 0.6 is 0 Å². The van der Waals surface area contributed by atoms with Crippen LogP contribution in [0, 0.1) is 0 Å². The summed E-state index contributed by atoms with van der Waals surface area (Å²) in [5, 5.41) is 0.934. The predicted molar refractivity (Wildman–Crippen MR) is 99.1 cm³/mol. The number of aromatic nitrogens is 1. The van der Waals surface area contributed by atoms with E-state index in [-0.39, 0.29) is 11.4 Å². The molecule has 0 unspecified atom stereocenters. The van der Waals surface area contributed by atoms with Crippen LogP contribution in [-0.2, 0) is 12.0 Å². The summed E-state index contributed by atoms with van der Waals surface area (Å²) in [5.41, 5.74) is 3.73. The number of carbonyl (C=O) groups is 1. The lowest BCUT2D eigenvalue weighted by Crippen LogP contribution is -2.50. The number of carbonyl (C=O) groups excluding carboxylic acids is 1. The molecule has 1 aromatic heterocycles. The van der Waals surface area contributed by atoms with Gasteiger partial charge in [0, 0.05) is 17.4 Å². The summed E-state index contributed by atoms with van der Waals surface area (Å²) in [6.45, 7) is 4.95. The number of nitrogens with zero attached hydrogens (tertiary/aromatic N) is 1. The molecule has 0 bridgehead atoms. The number of H-pyrrole nitrogens is 1. The van der Waals surface area contributed by atoms with Crippen molar-refractivity contribution in [2.45, 2.75) is 25.8 Å². The molecule has 4 nitrogen and oxygen atoms in total. The SMILES string of the molecule is COc1cccc2[nH]c(C(=O)N3CCc4ccccc4C3(C)C)cc12. The Morgan fingerprint density at radius 2 is 1.96 bits per heavy atom. The highest BCUT2D eigenvalue weighted by Crippen LogP contribution is 2.36. The Balaban J connectivity index is 1.74. The largest absolute Gasteiger partial charge is 0.496 e. The average molecular weight is 334 g/mol. The Morgan fingerprint density at radius 1 is 1.16 bits per heavy atom. The molecule has 25 heavy (non-hydrogen) atoms. The van der Waals surface area contributed by atoms with Gasteiger partial charge in [0.15, 0.2) is 0 Å². The number of amides is 1. The molecule has 0 radical (unpaired) electrons. The van der Waals surface area contributed by atoms with Gasteiger partial charge >= 0.3 is 0 Å². The Bertz CT molecular complexity index is 955. The van der Waals surface area contributed by atoms with Gasteiger partial charge in [-0.25, -0.2) is 0 Å². The van der Waals surface area contributed by atoms with Crippen LogP contribution in [-0.4, -0.2) is 29.4 Å². The minimum Gasteiger partial charge on any atom is -0.496 e. The van der Waals surface area contributed by atoms with Gasteiger partial charge in [-0.3, -0.25) is 4.79 Å². The number of aromatic amines is 1. The molecule has 0 saturated carbocycles. The van der Waals surface area contributed by atoms with Gasteiger partial charge in [0.05, 0.1) is 12.6 Å². The highest BCUT2D eigenvalue weighted by atomic mass is 16.5. The molecule has 0 atom stereocenters. The number of fused-ring (bicyclic) bond motifs is 2. The maximum absolute atomic E-state index is 13.2. The van der Waals surface area contributed by atoms with E-state index in [0.717, 1.165) is 29.6 Å². The highest BCUT2D eigenvalue weighted by molar-refractivity contribution is 6.00. The van der Waals surface area contributed by atoms with E-state index in [0.29, 0.717) is 5.69 Å². The fourth-order valence-electron chi connectivity index (χ4n) is 3.91. The Labute approximate surface area is 147 Å². The van der Waals surface area contributed by atoms with Crippen LogP contribution in [0.5, 0.6) is 5.75 Å². The number of rotatable bonds is 2. The van der Waals surface area contributed by atoms with E-state index in [4.69, 9.17) is 4.74 Å². The average Bonchev–Trinajstić information content (AvgIpc) is 3.05. The van der Waals surface area contributed by atoms with Crippen molar-refractivity contribution in [1.29, 1.82) is 0 Å². The molecule has 4 rings (SSSR count). The number of hydrogen-bond acceptors (Lipinski definition) is 2. The molecular formula is C21H22N2O2. The predicted octanol–water partition coefficient (Wildman–Crippen LogP) is 4.11. The third kappa shape index (κ3) is 2.40. The van der Waals surface area contributed by atoms with E-state index in [9.17, 15) is 4.79 Å². The van der Waals surface area contributed by atoms with Gasteiger partial charge in [0.2, 0.25) is 0 Å². The van der Waals surface area contributed by atoms with Crippen molar-refractivity contribution in [3.05, 3.63) is 65.4 Å². The van der Waals surface area contributed by atoms with E-state index in [1.54, 1.807) is 7.11 Å². The Hall–Kier alpha value is -2.75. The Morgan fingerprint density at radius 3 is 2.76 bits per heavy atom. The quantitative estimate of drug-likeness (QED) is 0.766. The van der Waals surface area contributed by atoms with Crippen LogP contribution < -0.4 is 4.74 Å². The first kappa shape index (κ1) is 15.8. The molecule has 0 spiro atoms. The molecule has 0 saturated heterocycles. The summed E-state index contributed by atoms with van der Waals surface area (Å²) in [5.74, 6) is 0.800. The normalized spacial score (nSPS) is 15.9. The van der Waals surface area contributed by atoms with E-state index in [2.05, 4.69) is 37.0 Å². The molecule has 0 fully saturated rings. The lowest BCUT2D eigenvalue weighted by molar-refractivity contribution is 0.0508. The first-order valence-electron chi connectivity index (χ1n) is 8.58. The molecule has 128 valence electrons. The van der Waals surface area contributed by atoms with Crippen molar-refractivity contribution in [2.75, 3.05) is 13.7 Å².